The molecule has 0 aliphatic heterocycles. The maximum atomic E-state index is 13.3. The Balaban J connectivity index is 1.86. The number of fused-ring (bicyclic) bond motifs is 1. The van der Waals surface area contributed by atoms with Gasteiger partial charge in [0.05, 0.1) is 32.1 Å². The number of benzene rings is 1. The number of nitro benzene ring substituents is 1. The number of nitriles is 1. The zero-order valence-electron chi connectivity index (χ0n) is 17.9. The van der Waals surface area contributed by atoms with Gasteiger partial charge in [0.15, 0.2) is 0 Å². The molecule has 1 aliphatic rings. The lowest BCUT2D eigenvalue weighted by Crippen LogP contribution is -2.30. The Kier molecular flexibility index (Phi) is 5.64. The molecule has 1 N–H and O–H groups in total. The van der Waals surface area contributed by atoms with E-state index in [2.05, 4.69) is 26.2 Å². The molecule has 1 atom stereocenters. The number of hydrogen-bond acceptors (Lipinski definition) is 6. The Bertz CT molecular complexity index is 1440. The second-order valence-corrected chi connectivity index (χ2v) is 9.31. The minimum atomic E-state index is -4.76. The Morgan fingerprint density at radius 2 is 2.00 bits per heavy atom. The lowest BCUT2D eigenvalue weighted by molar-refractivity contribution is -0.385. The highest BCUT2D eigenvalue weighted by atomic mass is 79.9. The molecule has 0 unspecified atom stereocenters. The molecule has 0 bridgehead atoms. The summed E-state index contributed by atoms with van der Waals surface area (Å²) in [5, 5.41) is 24.3. The number of non-ortho nitro benzene ring substituents is 1. The van der Waals surface area contributed by atoms with Gasteiger partial charge in [0, 0.05) is 29.3 Å². The van der Waals surface area contributed by atoms with Gasteiger partial charge in [-0.3, -0.25) is 19.5 Å². The largest absolute Gasteiger partial charge is 0.416 e. The van der Waals surface area contributed by atoms with Crippen molar-refractivity contribution in [3.8, 4) is 6.07 Å². The van der Waals surface area contributed by atoms with Gasteiger partial charge in [-0.05, 0) is 60.3 Å². The lowest BCUT2D eigenvalue weighted by Gasteiger charge is -2.22. The number of aromatic nitrogens is 2. The van der Waals surface area contributed by atoms with Crippen molar-refractivity contribution in [2.24, 2.45) is 0 Å². The highest BCUT2D eigenvalue weighted by Gasteiger charge is 2.42. The second-order valence-electron chi connectivity index (χ2n) is 8.46. The van der Waals surface area contributed by atoms with E-state index in [4.69, 9.17) is 0 Å². The molecule has 8 nitrogen and oxygen atoms in total. The van der Waals surface area contributed by atoms with Crippen LogP contribution in [0, 0.1) is 21.4 Å². The molecule has 2 aromatic heterocycles. The van der Waals surface area contributed by atoms with Gasteiger partial charge in [-0.25, -0.2) is 4.98 Å². The van der Waals surface area contributed by atoms with E-state index >= 15 is 0 Å². The standard InChI is InChI=1S/C22H17BrF3N5O3/c1-11(12-5-14(22(24,25)26)7-15(6-12)31(33)34)29-19-16-8-17(23)20(32)30(21(2)3-4-21)18(16)13(9-27)10-28-19/h5-8,10-11H,3-4H2,1-2H3,(H,28,29)/t11-/m1/s1. The number of nitrogens with one attached hydrogen (secondary N) is 1. The fourth-order valence-corrected chi connectivity index (χ4v) is 4.26. The molecule has 3 aromatic rings. The molecule has 2 heterocycles. The van der Waals surface area contributed by atoms with Crippen molar-refractivity contribution in [3.63, 3.8) is 0 Å². The third-order valence-corrected chi connectivity index (χ3v) is 6.52. The number of rotatable bonds is 5. The highest BCUT2D eigenvalue weighted by molar-refractivity contribution is 9.10. The van der Waals surface area contributed by atoms with Gasteiger partial charge < -0.3 is 5.32 Å². The van der Waals surface area contributed by atoms with Crippen molar-refractivity contribution < 1.29 is 18.1 Å². The maximum absolute atomic E-state index is 13.3. The van der Waals surface area contributed by atoms with Crippen LogP contribution in [0.3, 0.4) is 0 Å². The van der Waals surface area contributed by atoms with Gasteiger partial charge in [0.1, 0.15) is 11.9 Å². The first-order valence-electron chi connectivity index (χ1n) is 10.1. The molecular formula is C22H17BrF3N5O3. The van der Waals surface area contributed by atoms with Gasteiger partial charge in [0.2, 0.25) is 0 Å². The molecule has 0 amide bonds. The van der Waals surface area contributed by atoms with E-state index in [1.807, 2.05) is 13.0 Å². The summed E-state index contributed by atoms with van der Waals surface area (Å²) in [5.74, 6) is 0.222. The number of anilines is 1. The van der Waals surface area contributed by atoms with Gasteiger partial charge >= 0.3 is 6.18 Å². The van der Waals surface area contributed by atoms with Crippen molar-refractivity contribution in [3.05, 3.63) is 72.1 Å². The first-order valence-corrected chi connectivity index (χ1v) is 10.9. The zero-order valence-corrected chi connectivity index (χ0v) is 19.5. The van der Waals surface area contributed by atoms with Crippen LogP contribution in [-0.2, 0) is 11.7 Å². The van der Waals surface area contributed by atoms with Crippen LogP contribution < -0.4 is 10.9 Å². The molecule has 1 aliphatic carbocycles. The van der Waals surface area contributed by atoms with E-state index in [-0.39, 0.29) is 27.0 Å². The predicted molar refractivity (Wildman–Crippen MR) is 121 cm³/mol. The normalized spacial score (nSPS) is 15.6. The van der Waals surface area contributed by atoms with Crippen LogP contribution in [0.2, 0.25) is 0 Å². The van der Waals surface area contributed by atoms with Gasteiger partial charge in [-0.1, -0.05) is 0 Å². The van der Waals surface area contributed by atoms with E-state index in [0.29, 0.717) is 17.0 Å². The Morgan fingerprint density at radius 1 is 1.32 bits per heavy atom. The molecular weight excluding hydrogens is 519 g/mol. The molecule has 12 heteroatoms. The Labute approximate surface area is 199 Å². The smallest absolute Gasteiger partial charge is 0.363 e. The summed E-state index contributed by atoms with van der Waals surface area (Å²) in [6.07, 6.45) is -1.97. The fourth-order valence-electron chi connectivity index (χ4n) is 3.85. The topological polar surface area (TPSA) is 114 Å². The third kappa shape index (κ3) is 4.11. The first kappa shape index (κ1) is 23.7. The predicted octanol–water partition coefficient (Wildman–Crippen LogP) is 5.64. The second kappa shape index (κ2) is 8.09. The maximum Gasteiger partial charge on any atom is 0.416 e. The summed E-state index contributed by atoms with van der Waals surface area (Å²) in [7, 11) is 0. The molecule has 0 saturated heterocycles. The van der Waals surface area contributed by atoms with Crippen molar-refractivity contribution in [2.45, 2.75) is 44.4 Å². The molecule has 1 saturated carbocycles. The summed E-state index contributed by atoms with van der Waals surface area (Å²) >= 11 is 3.26. The van der Waals surface area contributed by atoms with E-state index in [0.717, 1.165) is 25.0 Å². The van der Waals surface area contributed by atoms with Crippen LogP contribution in [0.25, 0.3) is 10.9 Å². The van der Waals surface area contributed by atoms with Crippen molar-refractivity contribution in [1.82, 2.24) is 9.55 Å². The fraction of sp³-hybridized carbons (Fsp3) is 0.318. The summed E-state index contributed by atoms with van der Waals surface area (Å²) in [4.78, 5) is 27.5. The zero-order chi connectivity index (χ0) is 25.0. The van der Waals surface area contributed by atoms with Crippen LogP contribution in [0.5, 0.6) is 0 Å². The highest BCUT2D eigenvalue weighted by Crippen LogP contribution is 2.45. The van der Waals surface area contributed by atoms with E-state index in [1.165, 1.54) is 19.2 Å². The average molecular weight is 536 g/mol. The SMILES string of the molecule is C[C@@H](Nc1ncc(C#N)c2c1cc(Br)c(=O)n2C1(C)CC1)c1cc([N+](=O)[O-])cc(C(F)(F)F)c1. The van der Waals surface area contributed by atoms with Crippen molar-refractivity contribution in [2.75, 3.05) is 5.32 Å². The molecule has 0 radical (unpaired) electrons. The van der Waals surface area contributed by atoms with Crippen LogP contribution in [0.1, 0.15) is 49.4 Å². The number of nitrogens with zero attached hydrogens (tertiary/aromatic N) is 4. The van der Waals surface area contributed by atoms with Gasteiger partial charge in [-0.2, -0.15) is 18.4 Å². The minimum absolute atomic E-state index is 0.0300. The van der Waals surface area contributed by atoms with E-state index < -0.39 is 33.9 Å². The number of nitro groups is 1. The quantitative estimate of drug-likeness (QED) is 0.334. The molecule has 34 heavy (non-hydrogen) atoms. The Morgan fingerprint density at radius 3 is 2.56 bits per heavy atom. The van der Waals surface area contributed by atoms with Crippen LogP contribution >= 0.6 is 15.9 Å². The molecule has 1 fully saturated rings. The van der Waals surface area contributed by atoms with E-state index in [9.17, 15) is 33.3 Å². The van der Waals surface area contributed by atoms with Crippen molar-refractivity contribution in [1.29, 1.82) is 5.26 Å². The summed E-state index contributed by atoms with van der Waals surface area (Å²) < 4.78 is 41.7. The third-order valence-electron chi connectivity index (χ3n) is 5.96. The van der Waals surface area contributed by atoms with Crippen LogP contribution in [0.15, 0.2) is 39.7 Å². The van der Waals surface area contributed by atoms with Crippen LogP contribution in [0.4, 0.5) is 24.7 Å². The minimum Gasteiger partial charge on any atom is -0.363 e. The average Bonchev–Trinajstić information content (AvgIpc) is 3.51. The number of halogens is 4. The van der Waals surface area contributed by atoms with Crippen LogP contribution in [-0.4, -0.2) is 14.5 Å². The summed E-state index contributed by atoms with van der Waals surface area (Å²) in [5.41, 5.74) is -2.01. The molecule has 0 spiro atoms. The molecule has 1 aromatic carbocycles. The van der Waals surface area contributed by atoms with E-state index in [1.54, 1.807) is 4.57 Å². The van der Waals surface area contributed by atoms with Gasteiger partial charge in [0.25, 0.3) is 11.2 Å². The lowest BCUT2D eigenvalue weighted by atomic mass is 10.0. The summed E-state index contributed by atoms with van der Waals surface area (Å²) in [6, 6.07) is 5.13. The number of pyridine rings is 2. The van der Waals surface area contributed by atoms with Gasteiger partial charge in [-0.15, -0.1) is 0 Å². The number of alkyl halides is 3. The monoisotopic (exact) mass is 535 g/mol. The van der Waals surface area contributed by atoms with Crippen molar-refractivity contribution >= 4 is 38.3 Å². The Hall–Kier alpha value is -3.46. The molecule has 176 valence electrons. The number of hydrogen-bond donors (Lipinski definition) is 1. The summed E-state index contributed by atoms with van der Waals surface area (Å²) in [6.45, 7) is 3.44. The first-order chi connectivity index (χ1) is 15.9. The molecule has 4 rings (SSSR count).